The van der Waals surface area contributed by atoms with Crippen LogP contribution in [0.2, 0.25) is 0 Å². The van der Waals surface area contributed by atoms with Crippen molar-refractivity contribution in [1.29, 1.82) is 0 Å². The third kappa shape index (κ3) is 9.39. The van der Waals surface area contributed by atoms with Gasteiger partial charge in [-0.2, -0.15) is 0 Å². The van der Waals surface area contributed by atoms with Crippen LogP contribution in [0, 0.1) is 52.3 Å². The van der Waals surface area contributed by atoms with Gasteiger partial charge in [-0.1, -0.05) is 27.7 Å². The van der Waals surface area contributed by atoms with E-state index in [1.807, 2.05) is 0 Å². The molecule has 13 N–H and O–H groups in total. The summed E-state index contributed by atoms with van der Waals surface area (Å²) in [6.07, 6.45) is -26.9. The van der Waals surface area contributed by atoms with Crippen molar-refractivity contribution in [3.05, 3.63) is 0 Å². The van der Waals surface area contributed by atoms with Crippen molar-refractivity contribution in [2.45, 2.75) is 226 Å². The van der Waals surface area contributed by atoms with E-state index in [1.165, 1.54) is 0 Å². The Bertz CT molecular complexity index is 1860. The zero-order chi connectivity index (χ0) is 52.2. The van der Waals surface area contributed by atoms with Gasteiger partial charge in [0.1, 0.15) is 91.6 Å². The van der Waals surface area contributed by atoms with Crippen LogP contribution < -0.4 is 0 Å². The van der Waals surface area contributed by atoms with Crippen molar-refractivity contribution < 1.29 is 114 Å². The van der Waals surface area contributed by atoms with Gasteiger partial charge in [-0.05, 0) is 91.3 Å². The molecule has 6 heterocycles. The first-order valence-corrected chi connectivity index (χ1v) is 26.8. The highest BCUT2D eigenvalue weighted by Crippen LogP contribution is 2.71. The molecule has 0 radical (unpaired) electrons. The smallest absolute Gasteiger partial charge is 0.187 e. The van der Waals surface area contributed by atoms with E-state index in [-0.39, 0.29) is 23.9 Å². The molecule has 10 aliphatic rings. The largest absolute Gasteiger partial charge is 0.394 e. The van der Waals surface area contributed by atoms with Gasteiger partial charge in [-0.25, -0.2) is 0 Å². The molecule has 0 amide bonds. The van der Waals surface area contributed by atoms with Crippen LogP contribution in [0.3, 0.4) is 0 Å². The van der Waals surface area contributed by atoms with Crippen molar-refractivity contribution in [3.8, 4) is 0 Å². The molecular weight excluding hydrogens is 969 g/mol. The zero-order valence-corrected chi connectivity index (χ0v) is 42.0. The maximum atomic E-state index is 12.3. The highest BCUT2D eigenvalue weighted by Gasteiger charge is 2.70. The first-order chi connectivity index (χ1) is 34.7. The summed E-state index contributed by atoms with van der Waals surface area (Å²) < 4.78 is 61.2. The minimum atomic E-state index is -1.99. The molecule has 10 rings (SSSR count). The summed E-state index contributed by atoms with van der Waals surface area (Å²) in [5.41, 5.74) is -0.283. The number of fused-ring (bicyclic) bond motifs is 7. The molecule has 6 saturated heterocycles. The van der Waals surface area contributed by atoms with Crippen LogP contribution in [-0.2, 0) is 47.4 Å². The van der Waals surface area contributed by atoms with Crippen LogP contribution in [0.25, 0.3) is 0 Å². The van der Waals surface area contributed by atoms with Crippen LogP contribution in [0.4, 0.5) is 0 Å². The Kier molecular flexibility index (Phi) is 16.1. The Hall–Kier alpha value is -0.920. The molecule has 0 aromatic heterocycles. The highest BCUT2D eigenvalue weighted by molar-refractivity contribution is 5.16. The average molecular weight is 1050 g/mol. The Morgan fingerprint density at radius 2 is 1.16 bits per heavy atom. The topological polar surface area (TPSA) is 355 Å². The normalized spacial score (nSPS) is 58.2. The van der Waals surface area contributed by atoms with E-state index in [1.54, 1.807) is 0 Å². The van der Waals surface area contributed by atoms with Crippen LogP contribution >= 0.6 is 0 Å². The van der Waals surface area contributed by atoms with Gasteiger partial charge in [-0.15, -0.1) is 0 Å². The molecule has 1 spiro atoms. The maximum Gasteiger partial charge on any atom is 0.187 e. The quantitative estimate of drug-likeness (QED) is 0.0902. The molecule has 4 saturated carbocycles. The number of ether oxygens (including phenoxy) is 10. The molecule has 32 atom stereocenters. The minimum Gasteiger partial charge on any atom is -0.394 e. The molecule has 23 heteroatoms. The molecule has 6 aliphatic heterocycles. The van der Waals surface area contributed by atoms with E-state index in [0.717, 1.165) is 51.6 Å². The summed E-state index contributed by atoms with van der Waals surface area (Å²) in [5.74, 6) is 2.03. The van der Waals surface area contributed by atoms with E-state index in [9.17, 15) is 66.4 Å². The zero-order valence-electron chi connectivity index (χ0n) is 42.0. The molecule has 23 nitrogen and oxygen atoms in total. The van der Waals surface area contributed by atoms with Crippen LogP contribution in [0.15, 0.2) is 0 Å². The summed E-state index contributed by atoms with van der Waals surface area (Å²) >= 11 is 0. The number of hydrogen-bond donors (Lipinski definition) is 13. The lowest BCUT2D eigenvalue weighted by molar-refractivity contribution is -0.403. The molecular formula is C50H82O23. The highest BCUT2D eigenvalue weighted by atomic mass is 16.8. The second kappa shape index (κ2) is 21.3. The van der Waals surface area contributed by atoms with E-state index in [2.05, 4.69) is 27.7 Å². The molecule has 4 aliphatic carbocycles. The van der Waals surface area contributed by atoms with Crippen molar-refractivity contribution >= 4 is 0 Å². The predicted octanol–water partition coefficient (Wildman–Crippen LogP) is -3.30. The first kappa shape index (κ1) is 55.4. The summed E-state index contributed by atoms with van der Waals surface area (Å²) in [5, 5.41) is 141. The maximum absolute atomic E-state index is 12.3. The van der Waals surface area contributed by atoms with Crippen LogP contribution in [-0.4, -0.2) is 240 Å². The fraction of sp³-hybridized carbons (Fsp3) is 1.00. The first-order valence-electron chi connectivity index (χ1n) is 26.8. The van der Waals surface area contributed by atoms with Gasteiger partial charge in [0.15, 0.2) is 30.9 Å². The standard InChI is InChI=1S/C50H82O23/c1-19-7-10-50(65-17-19)20(2)32-27(73-50)13-25-23-6-5-21-11-22(12-31(55)49(21,4)24(23)8-9-48(25,32)3)66-45-40(63)37(60)41(30(16-53)69-45)70-47-43(72-44-38(61)33(56)26(54)18-64-44)42(35(58)29(15-52)68-47)71-46-39(62)36(59)34(57)28(14-51)67-46/h19-47,51-63H,5-18H2,1-4H3/t19-,20-,21+,22+,23+,24-,25-,26+,27-,28+,29+,30+,31+,32-,33-,34-,35+,36-,37+,38+,39+,40+,41+,42-,43+,44-,45+,46-,47-,48-,49-,50+/m0/s1. The van der Waals surface area contributed by atoms with Gasteiger partial charge in [0.2, 0.25) is 0 Å². The van der Waals surface area contributed by atoms with E-state index in [0.29, 0.717) is 41.9 Å². The van der Waals surface area contributed by atoms with Crippen molar-refractivity contribution in [2.24, 2.45) is 52.3 Å². The van der Waals surface area contributed by atoms with Gasteiger partial charge in [0.05, 0.1) is 51.3 Å². The number of hydrogen-bond acceptors (Lipinski definition) is 23. The molecule has 10 fully saturated rings. The van der Waals surface area contributed by atoms with E-state index >= 15 is 0 Å². The third-order valence-corrected chi connectivity index (χ3v) is 20.1. The van der Waals surface area contributed by atoms with Crippen LogP contribution in [0.1, 0.15) is 85.5 Å². The SMILES string of the molecule is C[C@H]1CC[C@@]2(OC1)O[C@H]1C[C@H]3[C@@H]4CC[C@@H]5C[C@@H](O[C@@H]6O[C@H](CO)[C@@H](O[C@@H]7O[C@H](CO)[C@@H](O)[C@H](O[C@@H]8O[C@H](CO)[C@H](O)[C@H](O)[C@H]8O)[C@H]7O[C@@H]7OC[C@@H](O)[C@H](O)[C@H]7O)[C@H](O)[C@H]6O)C[C@@H](O)[C@]5(C)[C@H]4CC[C@]3(C)[C@H]1[C@@H]2C. The number of rotatable bonds is 11. The Morgan fingerprint density at radius 3 is 1.86 bits per heavy atom. The minimum absolute atomic E-state index is 0.0867. The molecule has 0 bridgehead atoms. The van der Waals surface area contributed by atoms with Crippen molar-refractivity contribution in [1.82, 2.24) is 0 Å². The fourth-order valence-electron chi connectivity index (χ4n) is 15.9. The van der Waals surface area contributed by atoms with Crippen molar-refractivity contribution in [2.75, 3.05) is 33.0 Å². The number of aliphatic hydroxyl groups excluding tert-OH is 13. The third-order valence-electron chi connectivity index (χ3n) is 20.1. The lowest BCUT2D eigenvalue weighted by atomic mass is 9.43. The fourth-order valence-corrected chi connectivity index (χ4v) is 15.9. The summed E-state index contributed by atoms with van der Waals surface area (Å²) in [7, 11) is 0. The lowest BCUT2D eigenvalue weighted by Gasteiger charge is -2.62. The van der Waals surface area contributed by atoms with E-state index in [4.69, 9.17) is 47.4 Å². The summed E-state index contributed by atoms with van der Waals surface area (Å²) in [6, 6.07) is 0. The predicted molar refractivity (Wildman–Crippen MR) is 244 cm³/mol. The molecule has 0 aromatic carbocycles. The average Bonchev–Trinajstić information content (AvgIpc) is 3.82. The van der Waals surface area contributed by atoms with E-state index < -0.39 is 167 Å². The second-order valence-electron chi connectivity index (χ2n) is 24.0. The Morgan fingerprint density at radius 1 is 0.534 bits per heavy atom. The van der Waals surface area contributed by atoms with Gasteiger partial charge in [0.25, 0.3) is 0 Å². The molecule has 73 heavy (non-hydrogen) atoms. The van der Waals surface area contributed by atoms with Gasteiger partial charge in [-0.3, -0.25) is 0 Å². The summed E-state index contributed by atoms with van der Waals surface area (Å²) in [6.45, 7) is 6.93. The van der Waals surface area contributed by atoms with Crippen molar-refractivity contribution in [3.63, 3.8) is 0 Å². The Balaban J connectivity index is 0.821. The van der Waals surface area contributed by atoms with Crippen LogP contribution in [0.5, 0.6) is 0 Å². The Labute approximate surface area is 424 Å². The van der Waals surface area contributed by atoms with Gasteiger partial charge < -0.3 is 114 Å². The monoisotopic (exact) mass is 1050 g/mol. The molecule has 420 valence electrons. The second-order valence-corrected chi connectivity index (χ2v) is 24.0. The summed E-state index contributed by atoms with van der Waals surface area (Å²) in [4.78, 5) is 0. The van der Waals surface area contributed by atoms with Gasteiger partial charge in [0, 0.05) is 18.8 Å². The molecule has 0 aromatic rings. The lowest BCUT2D eigenvalue weighted by Crippen LogP contribution is -2.68. The van der Waals surface area contributed by atoms with Gasteiger partial charge >= 0.3 is 0 Å². The number of aliphatic hydroxyl groups is 13. The molecule has 0 unspecified atom stereocenters.